The van der Waals surface area contributed by atoms with E-state index >= 15 is 0 Å². The standard InChI is InChI=1S/C15H24N4/c1-13(18(3)4)16-17-14(2)19(5)12-11-15-9-7-6-8-10-15/h6-10H,11-12H2,1-5H3/b16-13+,17-14+. The average molecular weight is 260 g/mol. The number of benzene rings is 1. The molecule has 4 heteroatoms. The Morgan fingerprint density at radius 3 is 2.11 bits per heavy atom. The molecule has 19 heavy (non-hydrogen) atoms. The SMILES string of the molecule is C/C(=N\N=C(/C)N(C)CCc1ccccc1)N(C)C. The molecule has 0 aliphatic carbocycles. The number of nitrogens with zero attached hydrogens (tertiary/aromatic N) is 4. The first-order chi connectivity index (χ1) is 9.00. The maximum absolute atomic E-state index is 4.25. The van der Waals surface area contributed by atoms with Crippen LogP contribution in [0, 0.1) is 0 Å². The zero-order valence-electron chi connectivity index (χ0n) is 12.6. The highest BCUT2D eigenvalue weighted by Gasteiger charge is 2.01. The van der Waals surface area contributed by atoms with E-state index in [0.29, 0.717) is 0 Å². The largest absolute Gasteiger partial charge is 0.365 e. The molecular formula is C15H24N4. The molecule has 1 aromatic carbocycles. The summed E-state index contributed by atoms with van der Waals surface area (Å²) in [6.45, 7) is 4.87. The average Bonchev–Trinajstić information content (AvgIpc) is 2.42. The lowest BCUT2D eigenvalue weighted by atomic mass is 10.1. The maximum atomic E-state index is 4.25. The second kappa shape index (κ2) is 7.56. The summed E-state index contributed by atoms with van der Waals surface area (Å²) in [5.74, 6) is 1.83. The molecule has 0 heterocycles. The van der Waals surface area contributed by atoms with Crippen molar-refractivity contribution in [3.8, 4) is 0 Å². The molecule has 0 N–H and O–H groups in total. The number of likely N-dealkylation sites (N-methyl/N-ethyl adjacent to an activating group) is 1. The van der Waals surface area contributed by atoms with E-state index in [4.69, 9.17) is 0 Å². The molecule has 4 nitrogen and oxygen atoms in total. The predicted molar refractivity (Wildman–Crippen MR) is 82.7 cm³/mol. The van der Waals surface area contributed by atoms with Crippen LogP contribution in [-0.2, 0) is 6.42 Å². The van der Waals surface area contributed by atoms with Gasteiger partial charge >= 0.3 is 0 Å². The van der Waals surface area contributed by atoms with Crippen molar-refractivity contribution in [3.05, 3.63) is 35.9 Å². The Morgan fingerprint density at radius 2 is 1.53 bits per heavy atom. The monoisotopic (exact) mass is 260 g/mol. The summed E-state index contributed by atoms with van der Waals surface area (Å²) in [5.41, 5.74) is 1.34. The van der Waals surface area contributed by atoms with Gasteiger partial charge in [0.25, 0.3) is 0 Å². The van der Waals surface area contributed by atoms with Crippen LogP contribution in [0.25, 0.3) is 0 Å². The number of hydrogen-bond acceptors (Lipinski definition) is 2. The van der Waals surface area contributed by atoms with Gasteiger partial charge in [-0.05, 0) is 25.8 Å². The summed E-state index contributed by atoms with van der Waals surface area (Å²) in [7, 11) is 5.97. The minimum Gasteiger partial charge on any atom is -0.365 e. The molecule has 0 aliphatic rings. The van der Waals surface area contributed by atoms with E-state index in [2.05, 4.69) is 39.4 Å². The van der Waals surface area contributed by atoms with Gasteiger partial charge in [0.15, 0.2) is 0 Å². The maximum Gasteiger partial charge on any atom is 0.124 e. The molecule has 104 valence electrons. The van der Waals surface area contributed by atoms with Gasteiger partial charge in [0, 0.05) is 27.7 Å². The lowest BCUT2D eigenvalue weighted by Gasteiger charge is -2.18. The third kappa shape index (κ3) is 5.55. The molecule has 0 spiro atoms. The topological polar surface area (TPSA) is 31.2 Å². The summed E-state index contributed by atoms with van der Waals surface area (Å²) < 4.78 is 0. The zero-order valence-corrected chi connectivity index (χ0v) is 12.6. The second-order valence-electron chi connectivity index (χ2n) is 4.85. The Morgan fingerprint density at radius 1 is 0.947 bits per heavy atom. The highest BCUT2D eigenvalue weighted by molar-refractivity contribution is 5.82. The van der Waals surface area contributed by atoms with Crippen LogP contribution in [0.4, 0.5) is 0 Å². The van der Waals surface area contributed by atoms with Crippen LogP contribution in [-0.4, -0.2) is 49.2 Å². The van der Waals surface area contributed by atoms with Crippen LogP contribution in [0.1, 0.15) is 19.4 Å². The van der Waals surface area contributed by atoms with E-state index in [1.165, 1.54) is 5.56 Å². The van der Waals surface area contributed by atoms with Crippen molar-refractivity contribution in [1.82, 2.24) is 9.80 Å². The Labute approximate surface area is 116 Å². The molecule has 0 bridgehead atoms. The lowest BCUT2D eigenvalue weighted by Crippen LogP contribution is -2.26. The van der Waals surface area contributed by atoms with Crippen LogP contribution in [0.3, 0.4) is 0 Å². The fourth-order valence-corrected chi connectivity index (χ4v) is 1.41. The van der Waals surface area contributed by atoms with Gasteiger partial charge in [0.2, 0.25) is 0 Å². The fourth-order valence-electron chi connectivity index (χ4n) is 1.41. The number of rotatable bonds is 4. The van der Waals surface area contributed by atoms with Crippen molar-refractivity contribution in [2.45, 2.75) is 20.3 Å². The summed E-state index contributed by atoms with van der Waals surface area (Å²) >= 11 is 0. The van der Waals surface area contributed by atoms with E-state index in [-0.39, 0.29) is 0 Å². The molecule has 0 amide bonds. The lowest BCUT2D eigenvalue weighted by molar-refractivity contribution is 0.503. The van der Waals surface area contributed by atoms with Crippen molar-refractivity contribution in [2.24, 2.45) is 10.2 Å². The summed E-state index contributed by atoms with van der Waals surface area (Å²) in [4.78, 5) is 4.07. The van der Waals surface area contributed by atoms with E-state index in [1.807, 2.05) is 46.0 Å². The van der Waals surface area contributed by atoms with Gasteiger partial charge in [-0.1, -0.05) is 30.3 Å². The van der Waals surface area contributed by atoms with Gasteiger partial charge in [-0.15, -0.1) is 10.2 Å². The molecule has 0 aliphatic heterocycles. The molecule has 0 unspecified atom stereocenters. The quantitative estimate of drug-likeness (QED) is 0.473. The first-order valence-corrected chi connectivity index (χ1v) is 6.52. The minimum atomic E-state index is 0.899. The second-order valence-corrected chi connectivity index (χ2v) is 4.85. The molecule has 0 saturated carbocycles. The van der Waals surface area contributed by atoms with Crippen LogP contribution in [0.15, 0.2) is 40.5 Å². The first kappa shape index (κ1) is 15.2. The van der Waals surface area contributed by atoms with Gasteiger partial charge in [-0.2, -0.15) is 0 Å². The molecule has 0 atom stereocenters. The molecule has 0 saturated heterocycles. The van der Waals surface area contributed by atoms with E-state index < -0.39 is 0 Å². The third-order valence-corrected chi connectivity index (χ3v) is 3.12. The van der Waals surface area contributed by atoms with Crippen LogP contribution in [0.5, 0.6) is 0 Å². The molecule has 0 aromatic heterocycles. The zero-order chi connectivity index (χ0) is 14.3. The molecule has 0 fully saturated rings. The normalized spacial score (nSPS) is 12.5. The molecule has 1 aromatic rings. The van der Waals surface area contributed by atoms with Gasteiger partial charge in [0.05, 0.1) is 0 Å². The molecule has 1 rings (SSSR count). The minimum absolute atomic E-state index is 0.899. The highest BCUT2D eigenvalue weighted by Crippen LogP contribution is 2.01. The summed E-state index contributed by atoms with van der Waals surface area (Å²) in [6, 6.07) is 10.5. The Kier molecular flexibility index (Phi) is 6.06. The van der Waals surface area contributed by atoms with Gasteiger partial charge < -0.3 is 9.80 Å². The Balaban J connectivity index is 2.51. The number of amidine groups is 2. The van der Waals surface area contributed by atoms with Crippen molar-refractivity contribution >= 4 is 11.7 Å². The number of hydrogen-bond donors (Lipinski definition) is 0. The predicted octanol–water partition coefficient (Wildman–Crippen LogP) is 2.47. The van der Waals surface area contributed by atoms with E-state index in [9.17, 15) is 0 Å². The van der Waals surface area contributed by atoms with Crippen molar-refractivity contribution in [2.75, 3.05) is 27.7 Å². The van der Waals surface area contributed by atoms with Crippen LogP contribution >= 0.6 is 0 Å². The summed E-state index contributed by atoms with van der Waals surface area (Å²) in [5, 5.41) is 8.43. The van der Waals surface area contributed by atoms with E-state index in [0.717, 1.165) is 24.6 Å². The molecular weight excluding hydrogens is 236 g/mol. The Bertz CT molecular complexity index is 435. The highest BCUT2D eigenvalue weighted by atomic mass is 15.3. The van der Waals surface area contributed by atoms with Gasteiger partial charge in [-0.3, -0.25) is 0 Å². The summed E-state index contributed by atoms with van der Waals surface area (Å²) in [6.07, 6.45) is 1.01. The Hall–Kier alpha value is -1.84. The molecule has 0 radical (unpaired) electrons. The van der Waals surface area contributed by atoms with E-state index in [1.54, 1.807) is 0 Å². The van der Waals surface area contributed by atoms with Crippen molar-refractivity contribution < 1.29 is 0 Å². The third-order valence-electron chi connectivity index (χ3n) is 3.12. The fraction of sp³-hybridized carbons (Fsp3) is 0.467. The van der Waals surface area contributed by atoms with Crippen LogP contribution < -0.4 is 0 Å². The van der Waals surface area contributed by atoms with Crippen molar-refractivity contribution in [1.29, 1.82) is 0 Å². The van der Waals surface area contributed by atoms with Gasteiger partial charge in [-0.25, -0.2) is 0 Å². The first-order valence-electron chi connectivity index (χ1n) is 6.52. The van der Waals surface area contributed by atoms with Crippen molar-refractivity contribution in [3.63, 3.8) is 0 Å². The smallest absolute Gasteiger partial charge is 0.124 e. The van der Waals surface area contributed by atoms with Gasteiger partial charge in [0.1, 0.15) is 11.7 Å². The van der Waals surface area contributed by atoms with Crippen LogP contribution in [0.2, 0.25) is 0 Å².